The third-order valence-corrected chi connectivity index (χ3v) is 3.98. The van der Waals surface area contributed by atoms with Gasteiger partial charge in [-0.1, -0.05) is 29.8 Å². The molecule has 0 spiro atoms. The number of carbonyl (C=O) groups is 2. The van der Waals surface area contributed by atoms with Crippen molar-refractivity contribution >= 4 is 23.5 Å². The first kappa shape index (κ1) is 17.5. The molecule has 23 heavy (non-hydrogen) atoms. The predicted octanol–water partition coefficient (Wildman–Crippen LogP) is 2.80. The van der Waals surface area contributed by atoms with E-state index in [-0.39, 0.29) is 18.9 Å². The largest absolute Gasteiger partial charge is 0.460 e. The summed E-state index contributed by atoms with van der Waals surface area (Å²) < 4.78 is 10.4. The lowest BCUT2D eigenvalue weighted by molar-refractivity contribution is -0.141. The molecule has 1 aromatic carbocycles. The number of amides is 1. The first-order valence-electron chi connectivity index (χ1n) is 7.54. The minimum atomic E-state index is -0.452. The van der Waals surface area contributed by atoms with Crippen molar-refractivity contribution in [2.24, 2.45) is 0 Å². The van der Waals surface area contributed by atoms with Crippen molar-refractivity contribution < 1.29 is 19.1 Å². The average molecular weight is 338 g/mol. The number of nitrogens with one attached hydrogen (secondary N) is 1. The second kappa shape index (κ2) is 8.13. The number of ether oxygens (including phenoxy) is 2. The quantitative estimate of drug-likeness (QED) is 0.640. The van der Waals surface area contributed by atoms with Crippen LogP contribution < -0.4 is 5.32 Å². The lowest BCUT2D eigenvalue weighted by atomic mass is 9.84. The van der Waals surface area contributed by atoms with Gasteiger partial charge in [-0.2, -0.15) is 0 Å². The first-order chi connectivity index (χ1) is 11.0. The monoisotopic (exact) mass is 337 g/mol. The van der Waals surface area contributed by atoms with E-state index in [1.54, 1.807) is 13.0 Å². The Kier molecular flexibility index (Phi) is 6.19. The van der Waals surface area contributed by atoms with Crippen LogP contribution in [0.4, 0.5) is 0 Å². The third kappa shape index (κ3) is 4.33. The summed E-state index contributed by atoms with van der Waals surface area (Å²) in [6, 6.07) is 7.22. The van der Waals surface area contributed by atoms with E-state index in [1.165, 1.54) is 0 Å². The summed E-state index contributed by atoms with van der Waals surface area (Å²) in [5.41, 5.74) is 1.70. The Morgan fingerprint density at radius 3 is 2.78 bits per heavy atom. The zero-order valence-electron chi connectivity index (χ0n) is 13.2. The molecule has 0 saturated heterocycles. The fourth-order valence-electron chi connectivity index (χ4n) is 2.61. The van der Waals surface area contributed by atoms with Crippen LogP contribution in [0.3, 0.4) is 0 Å². The molecule has 0 saturated carbocycles. The summed E-state index contributed by atoms with van der Waals surface area (Å²) >= 11 is 6.24. The average Bonchev–Trinajstić information content (AvgIpc) is 2.51. The normalized spacial score (nSPS) is 17.9. The van der Waals surface area contributed by atoms with Crippen LogP contribution in [0, 0.1) is 0 Å². The Morgan fingerprint density at radius 2 is 2.09 bits per heavy atom. The summed E-state index contributed by atoms with van der Waals surface area (Å²) in [6.07, 6.45) is 0.164. The number of rotatable bonds is 6. The minimum Gasteiger partial charge on any atom is -0.460 e. The molecule has 0 radical (unpaired) electrons. The highest BCUT2D eigenvalue weighted by atomic mass is 35.5. The van der Waals surface area contributed by atoms with Gasteiger partial charge in [-0.3, -0.25) is 4.79 Å². The third-order valence-electron chi connectivity index (χ3n) is 3.63. The van der Waals surface area contributed by atoms with Gasteiger partial charge < -0.3 is 14.8 Å². The van der Waals surface area contributed by atoms with E-state index >= 15 is 0 Å². The van der Waals surface area contributed by atoms with Gasteiger partial charge in [0.25, 0.3) is 0 Å². The van der Waals surface area contributed by atoms with Crippen LogP contribution in [0.15, 0.2) is 35.5 Å². The molecular formula is C17H20ClNO4. The van der Waals surface area contributed by atoms with E-state index in [0.29, 0.717) is 29.5 Å². The Morgan fingerprint density at radius 1 is 1.35 bits per heavy atom. The van der Waals surface area contributed by atoms with Crippen molar-refractivity contribution in [1.82, 2.24) is 5.32 Å². The molecule has 5 nitrogen and oxygen atoms in total. The van der Waals surface area contributed by atoms with Crippen LogP contribution in [-0.4, -0.2) is 31.7 Å². The minimum absolute atomic E-state index is 0.140. The highest BCUT2D eigenvalue weighted by Crippen LogP contribution is 2.36. The molecule has 124 valence electrons. The molecule has 1 atom stereocenters. The second-order valence-corrected chi connectivity index (χ2v) is 5.61. The number of hydrogen-bond acceptors (Lipinski definition) is 4. The number of carbonyl (C=O) groups excluding carboxylic acids is 2. The second-order valence-electron chi connectivity index (χ2n) is 5.20. The highest BCUT2D eigenvalue weighted by molar-refractivity contribution is 6.31. The van der Waals surface area contributed by atoms with Crippen molar-refractivity contribution in [3.63, 3.8) is 0 Å². The molecule has 6 heteroatoms. The number of esters is 1. The van der Waals surface area contributed by atoms with E-state index < -0.39 is 11.9 Å². The summed E-state index contributed by atoms with van der Waals surface area (Å²) in [4.78, 5) is 24.3. The molecule has 0 unspecified atom stereocenters. The number of hydrogen-bond donors (Lipinski definition) is 1. The van der Waals surface area contributed by atoms with Gasteiger partial charge in [0, 0.05) is 29.7 Å². The zero-order chi connectivity index (χ0) is 16.8. The van der Waals surface area contributed by atoms with Crippen LogP contribution in [0.25, 0.3) is 0 Å². The summed E-state index contributed by atoms with van der Waals surface area (Å²) in [7, 11) is 0. The van der Waals surface area contributed by atoms with E-state index in [1.807, 2.05) is 25.1 Å². The molecule has 0 bridgehead atoms. The Labute approximate surface area is 140 Å². The number of benzene rings is 1. The van der Waals surface area contributed by atoms with Crippen LogP contribution in [0.1, 0.15) is 31.7 Å². The van der Waals surface area contributed by atoms with Crippen molar-refractivity contribution in [1.29, 1.82) is 0 Å². The lowest BCUT2D eigenvalue weighted by Gasteiger charge is -2.27. The number of halogens is 1. The van der Waals surface area contributed by atoms with Crippen LogP contribution in [0.5, 0.6) is 0 Å². The molecule has 0 fully saturated rings. The molecule has 1 N–H and O–H groups in total. The molecule has 1 aliphatic rings. The van der Waals surface area contributed by atoms with Gasteiger partial charge in [-0.05, 0) is 25.5 Å². The fraction of sp³-hybridized carbons (Fsp3) is 0.412. The topological polar surface area (TPSA) is 64.6 Å². The predicted molar refractivity (Wildman–Crippen MR) is 87.1 cm³/mol. The molecule has 0 aliphatic carbocycles. The maximum absolute atomic E-state index is 12.4. The van der Waals surface area contributed by atoms with Crippen molar-refractivity contribution in [2.45, 2.75) is 26.2 Å². The molecule has 1 aliphatic heterocycles. The summed E-state index contributed by atoms with van der Waals surface area (Å²) in [5.74, 6) is -0.998. The van der Waals surface area contributed by atoms with Gasteiger partial charge in [-0.25, -0.2) is 4.79 Å². The maximum atomic E-state index is 12.4. The van der Waals surface area contributed by atoms with Crippen molar-refractivity contribution in [2.75, 3.05) is 19.8 Å². The van der Waals surface area contributed by atoms with E-state index in [4.69, 9.17) is 21.1 Å². The molecular weight excluding hydrogens is 318 g/mol. The summed E-state index contributed by atoms with van der Waals surface area (Å²) in [5, 5.41) is 3.22. The van der Waals surface area contributed by atoms with E-state index in [0.717, 1.165) is 5.56 Å². The standard InChI is InChI=1S/C17H20ClNO4/c1-3-22-8-9-23-17(21)16-11(2)19-15(20)10-13(16)12-6-4-5-7-14(12)18/h4-7,13H,3,8-10H2,1-2H3,(H,19,20)/t13-/m0/s1. The number of allylic oxidation sites excluding steroid dienone is 1. The van der Waals surface area contributed by atoms with Gasteiger partial charge in [0.2, 0.25) is 5.91 Å². The lowest BCUT2D eigenvalue weighted by Crippen LogP contribution is -2.34. The zero-order valence-corrected chi connectivity index (χ0v) is 14.0. The van der Waals surface area contributed by atoms with Gasteiger partial charge in [0.05, 0.1) is 12.2 Å². The van der Waals surface area contributed by atoms with Crippen LogP contribution in [-0.2, 0) is 19.1 Å². The Bertz CT molecular complexity index is 627. The van der Waals surface area contributed by atoms with Crippen LogP contribution >= 0.6 is 11.6 Å². The van der Waals surface area contributed by atoms with Crippen molar-refractivity contribution in [3.8, 4) is 0 Å². The molecule has 1 amide bonds. The molecule has 1 heterocycles. The summed E-state index contributed by atoms with van der Waals surface area (Å²) in [6.45, 7) is 4.65. The van der Waals surface area contributed by atoms with Crippen LogP contribution in [0.2, 0.25) is 5.02 Å². The fourth-order valence-corrected chi connectivity index (χ4v) is 2.88. The van der Waals surface area contributed by atoms with Gasteiger partial charge >= 0.3 is 5.97 Å². The van der Waals surface area contributed by atoms with E-state index in [2.05, 4.69) is 5.32 Å². The van der Waals surface area contributed by atoms with E-state index in [9.17, 15) is 9.59 Å². The smallest absolute Gasteiger partial charge is 0.336 e. The highest BCUT2D eigenvalue weighted by Gasteiger charge is 2.33. The molecule has 1 aromatic rings. The van der Waals surface area contributed by atoms with Crippen molar-refractivity contribution in [3.05, 3.63) is 46.1 Å². The first-order valence-corrected chi connectivity index (χ1v) is 7.92. The Hall–Kier alpha value is -1.85. The Balaban J connectivity index is 2.25. The molecule has 2 rings (SSSR count). The maximum Gasteiger partial charge on any atom is 0.336 e. The van der Waals surface area contributed by atoms with Gasteiger partial charge in [0.1, 0.15) is 6.61 Å². The van der Waals surface area contributed by atoms with Gasteiger partial charge in [-0.15, -0.1) is 0 Å². The SMILES string of the molecule is CCOCCOC(=O)C1=C(C)NC(=O)C[C@H]1c1ccccc1Cl. The van der Waals surface area contributed by atoms with Gasteiger partial charge in [0.15, 0.2) is 0 Å². The molecule has 0 aromatic heterocycles.